The molecule has 1 N–H and O–H groups in total. The Hall–Kier alpha value is -3.41. The van der Waals surface area contributed by atoms with Gasteiger partial charge >= 0.3 is 0 Å². The summed E-state index contributed by atoms with van der Waals surface area (Å²) in [5.41, 5.74) is 2.43. The zero-order valence-electron chi connectivity index (χ0n) is 14.3. The maximum atomic E-state index is 12.7. The summed E-state index contributed by atoms with van der Waals surface area (Å²) in [7, 11) is 1.84. The summed E-state index contributed by atoms with van der Waals surface area (Å²) in [6.45, 7) is 0.546. The average molecular weight is 346 g/mol. The SMILES string of the molecule is Cn1nccc1CNC(=O)Cn1c2ccccc2c(=O)c2ccccc21. The number of para-hydroxylation sites is 2. The van der Waals surface area contributed by atoms with E-state index < -0.39 is 0 Å². The molecule has 2 heterocycles. The molecule has 2 aromatic carbocycles. The molecule has 0 aliphatic heterocycles. The third-order valence-electron chi connectivity index (χ3n) is 4.57. The number of carbonyl (C=O) groups excluding carboxylic acids is 1. The first-order valence-corrected chi connectivity index (χ1v) is 8.39. The van der Waals surface area contributed by atoms with E-state index in [0.29, 0.717) is 17.3 Å². The Kier molecular flexibility index (Phi) is 4.01. The Labute approximate surface area is 149 Å². The van der Waals surface area contributed by atoms with Gasteiger partial charge in [0, 0.05) is 24.0 Å². The molecule has 6 nitrogen and oxygen atoms in total. The van der Waals surface area contributed by atoms with E-state index in [9.17, 15) is 9.59 Å². The molecule has 2 aromatic heterocycles. The van der Waals surface area contributed by atoms with Crippen molar-refractivity contribution in [2.75, 3.05) is 0 Å². The summed E-state index contributed by atoms with van der Waals surface area (Å²) in [6.07, 6.45) is 1.70. The predicted octanol–water partition coefficient (Wildman–Crippen LogP) is 2.20. The van der Waals surface area contributed by atoms with Gasteiger partial charge in [-0.2, -0.15) is 5.10 Å². The Morgan fingerprint density at radius 2 is 1.62 bits per heavy atom. The largest absolute Gasteiger partial charge is 0.349 e. The summed E-state index contributed by atoms with van der Waals surface area (Å²) in [6, 6.07) is 16.6. The van der Waals surface area contributed by atoms with Crippen molar-refractivity contribution in [1.29, 1.82) is 0 Å². The molecule has 26 heavy (non-hydrogen) atoms. The van der Waals surface area contributed by atoms with Crippen molar-refractivity contribution >= 4 is 27.7 Å². The highest BCUT2D eigenvalue weighted by Gasteiger charge is 2.13. The molecule has 1 amide bonds. The van der Waals surface area contributed by atoms with Crippen LogP contribution in [0.1, 0.15) is 5.69 Å². The van der Waals surface area contributed by atoms with Crippen molar-refractivity contribution in [2.45, 2.75) is 13.1 Å². The van der Waals surface area contributed by atoms with Crippen molar-refractivity contribution in [1.82, 2.24) is 19.7 Å². The highest BCUT2D eigenvalue weighted by atomic mass is 16.2. The number of nitrogens with zero attached hydrogens (tertiary/aromatic N) is 3. The van der Waals surface area contributed by atoms with Gasteiger partial charge in [-0.1, -0.05) is 24.3 Å². The molecule has 6 heteroatoms. The Morgan fingerprint density at radius 3 is 2.19 bits per heavy atom. The fourth-order valence-corrected chi connectivity index (χ4v) is 3.21. The first-order valence-electron chi connectivity index (χ1n) is 8.39. The third kappa shape index (κ3) is 2.75. The van der Waals surface area contributed by atoms with Gasteiger partial charge in [0.15, 0.2) is 5.43 Å². The molecule has 0 aliphatic rings. The number of aryl methyl sites for hydroxylation is 1. The molecule has 0 radical (unpaired) electrons. The second-order valence-corrected chi connectivity index (χ2v) is 6.17. The molecule has 0 saturated heterocycles. The fraction of sp³-hybridized carbons (Fsp3) is 0.150. The number of benzene rings is 2. The Bertz CT molecular complexity index is 1110. The number of rotatable bonds is 4. The van der Waals surface area contributed by atoms with Crippen LogP contribution in [0.2, 0.25) is 0 Å². The normalized spacial score (nSPS) is 11.1. The van der Waals surface area contributed by atoms with Gasteiger partial charge in [0.25, 0.3) is 0 Å². The van der Waals surface area contributed by atoms with E-state index in [2.05, 4.69) is 10.4 Å². The number of nitrogens with one attached hydrogen (secondary N) is 1. The molecule has 0 spiro atoms. The molecular weight excluding hydrogens is 328 g/mol. The minimum atomic E-state index is -0.120. The summed E-state index contributed by atoms with van der Waals surface area (Å²) >= 11 is 0. The number of aromatic nitrogens is 3. The minimum Gasteiger partial charge on any atom is -0.349 e. The molecule has 130 valence electrons. The van der Waals surface area contributed by atoms with E-state index in [1.807, 2.05) is 54.1 Å². The Balaban J connectivity index is 1.73. The minimum absolute atomic E-state index is 0.0113. The van der Waals surface area contributed by atoms with Gasteiger partial charge in [-0.15, -0.1) is 0 Å². The molecule has 0 unspecified atom stereocenters. The third-order valence-corrected chi connectivity index (χ3v) is 4.57. The zero-order chi connectivity index (χ0) is 18.1. The van der Waals surface area contributed by atoms with Crippen molar-refractivity contribution in [2.24, 2.45) is 7.05 Å². The number of hydrogen-bond donors (Lipinski definition) is 1. The van der Waals surface area contributed by atoms with Crippen LogP contribution in [-0.4, -0.2) is 20.3 Å². The second kappa shape index (κ2) is 6.48. The number of amides is 1. The van der Waals surface area contributed by atoms with Crippen LogP contribution in [0.3, 0.4) is 0 Å². The lowest BCUT2D eigenvalue weighted by Gasteiger charge is -2.15. The van der Waals surface area contributed by atoms with Gasteiger partial charge in [-0.05, 0) is 30.3 Å². The Morgan fingerprint density at radius 1 is 1.00 bits per heavy atom. The van der Waals surface area contributed by atoms with Crippen molar-refractivity contribution in [3.05, 3.63) is 76.7 Å². The molecule has 0 fully saturated rings. The van der Waals surface area contributed by atoms with E-state index in [4.69, 9.17) is 0 Å². The number of hydrogen-bond acceptors (Lipinski definition) is 3. The first kappa shape index (κ1) is 16.1. The van der Waals surface area contributed by atoms with Crippen LogP contribution >= 0.6 is 0 Å². The number of pyridine rings is 1. The van der Waals surface area contributed by atoms with Gasteiger partial charge in [-0.3, -0.25) is 14.3 Å². The summed E-state index contributed by atoms with van der Waals surface area (Å²) in [4.78, 5) is 25.3. The number of carbonyl (C=O) groups is 1. The van der Waals surface area contributed by atoms with Crippen LogP contribution in [-0.2, 0) is 24.9 Å². The van der Waals surface area contributed by atoms with Crippen molar-refractivity contribution in [3.63, 3.8) is 0 Å². The van der Waals surface area contributed by atoms with E-state index in [1.54, 1.807) is 23.0 Å². The first-order chi connectivity index (χ1) is 12.6. The van der Waals surface area contributed by atoms with Gasteiger partial charge in [0.1, 0.15) is 6.54 Å². The summed E-state index contributed by atoms with van der Waals surface area (Å²) < 4.78 is 3.62. The monoisotopic (exact) mass is 346 g/mol. The second-order valence-electron chi connectivity index (χ2n) is 6.17. The number of fused-ring (bicyclic) bond motifs is 2. The van der Waals surface area contributed by atoms with E-state index in [0.717, 1.165) is 16.7 Å². The molecule has 0 bridgehead atoms. The maximum Gasteiger partial charge on any atom is 0.240 e. The maximum absolute atomic E-state index is 12.7. The molecule has 0 aliphatic carbocycles. The lowest BCUT2D eigenvalue weighted by Crippen LogP contribution is -2.28. The fourth-order valence-electron chi connectivity index (χ4n) is 3.21. The molecular formula is C20H18N4O2. The van der Waals surface area contributed by atoms with Gasteiger partial charge < -0.3 is 9.88 Å². The molecule has 4 aromatic rings. The highest BCUT2D eigenvalue weighted by molar-refractivity contribution is 5.94. The van der Waals surface area contributed by atoms with E-state index in [-0.39, 0.29) is 17.9 Å². The van der Waals surface area contributed by atoms with E-state index in [1.165, 1.54) is 0 Å². The van der Waals surface area contributed by atoms with E-state index >= 15 is 0 Å². The van der Waals surface area contributed by atoms with Gasteiger partial charge in [0.05, 0.1) is 23.3 Å². The predicted molar refractivity (Wildman–Crippen MR) is 101 cm³/mol. The van der Waals surface area contributed by atoms with Crippen molar-refractivity contribution in [3.8, 4) is 0 Å². The lowest BCUT2D eigenvalue weighted by molar-refractivity contribution is -0.121. The van der Waals surface area contributed by atoms with Crippen LogP contribution in [0.4, 0.5) is 0 Å². The van der Waals surface area contributed by atoms with Gasteiger partial charge in [-0.25, -0.2) is 0 Å². The smallest absolute Gasteiger partial charge is 0.240 e. The van der Waals surface area contributed by atoms with Crippen LogP contribution < -0.4 is 10.7 Å². The average Bonchev–Trinajstić information content (AvgIpc) is 3.08. The summed E-state index contributed by atoms with van der Waals surface area (Å²) in [5.74, 6) is -0.120. The zero-order valence-corrected chi connectivity index (χ0v) is 14.3. The van der Waals surface area contributed by atoms with Crippen LogP contribution in [0.25, 0.3) is 21.8 Å². The molecule has 4 rings (SSSR count). The van der Waals surface area contributed by atoms with Crippen LogP contribution in [0.5, 0.6) is 0 Å². The lowest BCUT2D eigenvalue weighted by atomic mass is 10.1. The molecule has 0 atom stereocenters. The van der Waals surface area contributed by atoms with Gasteiger partial charge in [0.2, 0.25) is 5.91 Å². The molecule has 0 saturated carbocycles. The quantitative estimate of drug-likeness (QED) is 0.576. The van der Waals surface area contributed by atoms with Crippen LogP contribution in [0, 0.1) is 0 Å². The topological polar surface area (TPSA) is 68.9 Å². The summed E-state index contributed by atoms with van der Waals surface area (Å²) in [5, 5.41) is 8.25. The van der Waals surface area contributed by atoms with Crippen LogP contribution in [0.15, 0.2) is 65.6 Å². The standard InChI is InChI=1S/C20H18N4O2/c1-23-14(10-11-22-23)12-21-19(25)13-24-17-8-4-2-6-15(17)20(26)16-7-3-5-9-18(16)24/h2-11H,12-13H2,1H3,(H,21,25). The van der Waals surface area contributed by atoms with Crippen molar-refractivity contribution < 1.29 is 4.79 Å². The highest BCUT2D eigenvalue weighted by Crippen LogP contribution is 2.18.